The Morgan fingerprint density at radius 3 is 1.46 bits per heavy atom. The lowest BCUT2D eigenvalue weighted by atomic mass is 9.95. The van der Waals surface area contributed by atoms with Crippen molar-refractivity contribution in [3.8, 4) is 0 Å². The summed E-state index contributed by atoms with van der Waals surface area (Å²) in [6, 6.07) is 0. The molecule has 0 saturated heterocycles. The van der Waals surface area contributed by atoms with Gasteiger partial charge in [0.25, 0.3) is 0 Å². The van der Waals surface area contributed by atoms with Gasteiger partial charge in [-0.2, -0.15) is 0 Å². The average Bonchev–Trinajstić information content (AvgIpc) is 2.74. The summed E-state index contributed by atoms with van der Waals surface area (Å²) in [6.45, 7) is 3.70. The topological polar surface area (TPSA) is 74.6 Å². The van der Waals surface area contributed by atoms with Gasteiger partial charge in [0.2, 0.25) is 0 Å². The van der Waals surface area contributed by atoms with Crippen molar-refractivity contribution >= 4 is 11.9 Å². The third-order valence-corrected chi connectivity index (χ3v) is 3.31. The fourth-order valence-corrected chi connectivity index (χ4v) is 2.40. The van der Waals surface area contributed by atoms with Gasteiger partial charge in [-0.1, -0.05) is 13.8 Å². The van der Waals surface area contributed by atoms with E-state index in [1.54, 1.807) is 0 Å². The minimum Gasteiger partial charge on any atom is -0.481 e. The molecule has 0 radical (unpaired) electrons. The van der Waals surface area contributed by atoms with Crippen LogP contribution in [0.4, 0.5) is 0 Å². The molecule has 0 unspecified atom stereocenters. The maximum atomic E-state index is 10.7. The van der Waals surface area contributed by atoms with E-state index in [0.717, 1.165) is 0 Å². The first kappa shape index (κ1) is 10.0. The van der Waals surface area contributed by atoms with Crippen molar-refractivity contribution in [2.75, 3.05) is 0 Å². The molecule has 0 aromatic carbocycles. The largest absolute Gasteiger partial charge is 0.481 e. The fraction of sp³-hybridized carbons (Fsp3) is 0.778. The molecule has 0 spiro atoms. The highest BCUT2D eigenvalue weighted by molar-refractivity contribution is 5.88. The summed E-state index contributed by atoms with van der Waals surface area (Å²) < 4.78 is 0. The molecule has 1 aliphatic carbocycles. The Balaban J connectivity index is 2.88. The lowest BCUT2D eigenvalue weighted by molar-refractivity contribution is -0.144. The van der Waals surface area contributed by atoms with Crippen LogP contribution in [0.1, 0.15) is 26.7 Å². The van der Waals surface area contributed by atoms with Gasteiger partial charge in [0.05, 0.1) is 11.8 Å². The van der Waals surface area contributed by atoms with Crippen LogP contribution >= 0.6 is 0 Å². The zero-order valence-corrected chi connectivity index (χ0v) is 7.78. The molecule has 0 bridgehead atoms. The molecule has 1 fully saturated rings. The van der Waals surface area contributed by atoms with E-state index in [9.17, 15) is 9.59 Å². The number of hydrogen-bond donors (Lipinski definition) is 2. The minimum absolute atomic E-state index is 0.488. The van der Waals surface area contributed by atoms with Crippen LogP contribution in [0.3, 0.4) is 0 Å². The second-order valence-electron chi connectivity index (χ2n) is 3.57. The van der Waals surface area contributed by atoms with E-state index in [1.165, 1.54) is 0 Å². The number of carboxylic acids is 2. The monoisotopic (exact) mass is 186 g/mol. The van der Waals surface area contributed by atoms with Crippen LogP contribution in [0.2, 0.25) is 0 Å². The van der Waals surface area contributed by atoms with E-state index in [1.807, 2.05) is 13.8 Å². The molecule has 0 aromatic heterocycles. The normalized spacial score (nSPS) is 29.7. The fourth-order valence-electron chi connectivity index (χ4n) is 2.40. The van der Waals surface area contributed by atoms with Gasteiger partial charge in [-0.05, 0) is 18.3 Å². The standard InChI is InChI=1S/C9H14O4/c1-3-9(4-2)5(7(10)11)6(9)8(12)13/h5-6H,3-4H2,1-2H3,(H,10,11)(H,12,13)/t5-,6-/m1/s1. The van der Waals surface area contributed by atoms with E-state index < -0.39 is 29.2 Å². The van der Waals surface area contributed by atoms with Crippen LogP contribution in [0.15, 0.2) is 0 Å². The number of hydrogen-bond acceptors (Lipinski definition) is 2. The van der Waals surface area contributed by atoms with E-state index >= 15 is 0 Å². The third-order valence-electron chi connectivity index (χ3n) is 3.31. The van der Waals surface area contributed by atoms with Gasteiger partial charge in [-0.25, -0.2) is 0 Å². The van der Waals surface area contributed by atoms with Crippen molar-refractivity contribution in [3.63, 3.8) is 0 Å². The van der Waals surface area contributed by atoms with Crippen molar-refractivity contribution < 1.29 is 19.8 Å². The van der Waals surface area contributed by atoms with Crippen LogP contribution in [0, 0.1) is 17.3 Å². The molecule has 4 heteroatoms. The zero-order valence-electron chi connectivity index (χ0n) is 7.78. The number of carboxylic acid groups (broad SMARTS) is 2. The van der Waals surface area contributed by atoms with Gasteiger partial charge in [-0.15, -0.1) is 0 Å². The molecule has 1 aliphatic rings. The highest BCUT2D eigenvalue weighted by Gasteiger charge is 2.69. The molecule has 2 atom stereocenters. The average molecular weight is 186 g/mol. The predicted molar refractivity (Wildman–Crippen MR) is 45.3 cm³/mol. The predicted octanol–water partition coefficient (Wildman–Crippen LogP) is 1.21. The molecular formula is C9H14O4. The summed E-state index contributed by atoms with van der Waals surface area (Å²) in [5, 5.41) is 17.6. The molecule has 0 aliphatic heterocycles. The van der Waals surface area contributed by atoms with Gasteiger partial charge in [-0.3, -0.25) is 9.59 Å². The van der Waals surface area contributed by atoms with Gasteiger partial charge in [0.15, 0.2) is 0 Å². The van der Waals surface area contributed by atoms with E-state index in [0.29, 0.717) is 12.8 Å². The summed E-state index contributed by atoms with van der Waals surface area (Å²) in [5.74, 6) is -3.31. The first-order chi connectivity index (χ1) is 6.01. The Morgan fingerprint density at radius 2 is 1.38 bits per heavy atom. The molecule has 0 amide bonds. The van der Waals surface area contributed by atoms with Crippen LogP contribution in [0.5, 0.6) is 0 Å². The molecule has 1 saturated carbocycles. The number of carbonyl (C=O) groups is 2. The molecule has 74 valence electrons. The third kappa shape index (κ3) is 1.20. The van der Waals surface area contributed by atoms with Crippen LogP contribution in [-0.2, 0) is 9.59 Å². The van der Waals surface area contributed by atoms with Gasteiger partial charge in [0, 0.05) is 0 Å². The van der Waals surface area contributed by atoms with Gasteiger partial charge < -0.3 is 10.2 Å². The van der Waals surface area contributed by atoms with Crippen LogP contribution in [0.25, 0.3) is 0 Å². The maximum Gasteiger partial charge on any atom is 0.307 e. The maximum absolute atomic E-state index is 10.7. The Bertz CT molecular complexity index is 220. The molecule has 1 rings (SSSR count). The summed E-state index contributed by atoms with van der Waals surface area (Å²) >= 11 is 0. The Morgan fingerprint density at radius 1 is 1.08 bits per heavy atom. The van der Waals surface area contributed by atoms with Crippen molar-refractivity contribution in [1.29, 1.82) is 0 Å². The quantitative estimate of drug-likeness (QED) is 0.692. The van der Waals surface area contributed by atoms with Gasteiger partial charge >= 0.3 is 11.9 Å². The van der Waals surface area contributed by atoms with E-state index in [-0.39, 0.29) is 0 Å². The SMILES string of the molecule is CCC1(CC)[C@@H](C(=O)O)[C@@H]1C(=O)O. The molecule has 2 N–H and O–H groups in total. The highest BCUT2D eigenvalue weighted by Crippen LogP contribution is 2.63. The highest BCUT2D eigenvalue weighted by atomic mass is 16.4. The Kier molecular flexibility index (Phi) is 2.32. The summed E-state index contributed by atoms with van der Waals surface area (Å²) in [4.78, 5) is 21.5. The first-order valence-electron chi connectivity index (χ1n) is 4.46. The first-order valence-corrected chi connectivity index (χ1v) is 4.46. The Labute approximate surface area is 76.6 Å². The molecule has 0 aromatic rings. The van der Waals surface area contributed by atoms with Crippen molar-refractivity contribution in [1.82, 2.24) is 0 Å². The minimum atomic E-state index is -0.976. The van der Waals surface area contributed by atoms with E-state index in [4.69, 9.17) is 10.2 Å². The second kappa shape index (κ2) is 3.01. The molecule has 13 heavy (non-hydrogen) atoms. The number of aliphatic carboxylic acids is 2. The van der Waals surface area contributed by atoms with Crippen molar-refractivity contribution in [2.24, 2.45) is 17.3 Å². The Hall–Kier alpha value is -1.06. The summed E-state index contributed by atoms with van der Waals surface area (Å²) in [6.07, 6.45) is 1.24. The lowest BCUT2D eigenvalue weighted by Gasteiger charge is -2.09. The molecule has 0 heterocycles. The number of rotatable bonds is 4. The van der Waals surface area contributed by atoms with Crippen molar-refractivity contribution in [2.45, 2.75) is 26.7 Å². The second-order valence-corrected chi connectivity index (χ2v) is 3.57. The smallest absolute Gasteiger partial charge is 0.307 e. The lowest BCUT2D eigenvalue weighted by Crippen LogP contribution is -2.08. The zero-order chi connectivity index (χ0) is 10.2. The van der Waals surface area contributed by atoms with Gasteiger partial charge in [0.1, 0.15) is 0 Å². The van der Waals surface area contributed by atoms with Crippen LogP contribution in [-0.4, -0.2) is 22.2 Å². The van der Waals surface area contributed by atoms with E-state index in [2.05, 4.69) is 0 Å². The molecule has 4 nitrogen and oxygen atoms in total. The summed E-state index contributed by atoms with van der Waals surface area (Å²) in [5.41, 5.74) is -0.488. The molecular weight excluding hydrogens is 172 g/mol. The summed E-state index contributed by atoms with van der Waals surface area (Å²) in [7, 11) is 0. The van der Waals surface area contributed by atoms with Crippen molar-refractivity contribution in [3.05, 3.63) is 0 Å². The van der Waals surface area contributed by atoms with Crippen LogP contribution < -0.4 is 0 Å².